The number of hydrogen-bond donors (Lipinski definition) is 1. The van der Waals surface area contributed by atoms with Crippen LogP contribution in [-0.4, -0.2) is 38.1 Å². The Labute approximate surface area is 99.2 Å². The molecule has 1 rings (SSSR count). The standard InChI is InChI=1S/C11H24N2O2S/c1-10-6-3-4-7-11(10)13(2)16(14,15)9-5-8-12/h10-11H,3-9,12H2,1-2H3. The number of nitrogens with two attached hydrogens (primary N) is 1. The Kier molecular flexibility index (Phi) is 5.21. The molecule has 0 aromatic carbocycles. The molecule has 0 bridgehead atoms. The number of nitrogens with zero attached hydrogens (tertiary/aromatic N) is 1. The van der Waals surface area contributed by atoms with Crippen molar-refractivity contribution in [2.24, 2.45) is 11.7 Å². The molecular weight excluding hydrogens is 224 g/mol. The van der Waals surface area contributed by atoms with Gasteiger partial charge in [-0.15, -0.1) is 0 Å². The van der Waals surface area contributed by atoms with E-state index in [-0.39, 0.29) is 11.8 Å². The van der Waals surface area contributed by atoms with Crippen molar-refractivity contribution in [1.82, 2.24) is 4.31 Å². The molecule has 0 amide bonds. The molecule has 1 fully saturated rings. The van der Waals surface area contributed by atoms with Crippen LogP contribution in [0.1, 0.15) is 39.0 Å². The first-order valence-electron chi connectivity index (χ1n) is 6.15. The van der Waals surface area contributed by atoms with Crippen molar-refractivity contribution in [3.05, 3.63) is 0 Å². The minimum Gasteiger partial charge on any atom is -0.330 e. The van der Waals surface area contributed by atoms with Crippen molar-refractivity contribution in [1.29, 1.82) is 0 Å². The number of sulfonamides is 1. The summed E-state index contributed by atoms with van der Waals surface area (Å²) in [4.78, 5) is 0. The quantitative estimate of drug-likeness (QED) is 0.794. The van der Waals surface area contributed by atoms with Crippen molar-refractivity contribution in [2.75, 3.05) is 19.3 Å². The van der Waals surface area contributed by atoms with Gasteiger partial charge in [-0.05, 0) is 31.7 Å². The first-order chi connectivity index (χ1) is 7.49. The second-order valence-electron chi connectivity index (χ2n) is 4.80. The molecule has 2 unspecified atom stereocenters. The van der Waals surface area contributed by atoms with Crippen molar-refractivity contribution in [2.45, 2.75) is 45.1 Å². The monoisotopic (exact) mass is 248 g/mol. The lowest BCUT2D eigenvalue weighted by Gasteiger charge is -2.35. The van der Waals surface area contributed by atoms with Gasteiger partial charge in [0.15, 0.2) is 0 Å². The lowest BCUT2D eigenvalue weighted by molar-refractivity contribution is 0.213. The molecule has 4 nitrogen and oxygen atoms in total. The molecule has 0 aliphatic heterocycles. The third kappa shape index (κ3) is 3.43. The topological polar surface area (TPSA) is 63.4 Å². The van der Waals surface area contributed by atoms with Gasteiger partial charge in [-0.1, -0.05) is 19.8 Å². The Balaban J connectivity index is 2.64. The zero-order chi connectivity index (χ0) is 12.2. The second kappa shape index (κ2) is 5.98. The molecular formula is C11H24N2O2S. The molecule has 0 heterocycles. The van der Waals surface area contributed by atoms with Crippen LogP contribution in [0.25, 0.3) is 0 Å². The average molecular weight is 248 g/mol. The molecule has 2 N–H and O–H groups in total. The normalized spacial score (nSPS) is 27.2. The zero-order valence-electron chi connectivity index (χ0n) is 10.4. The molecule has 0 radical (unpaired) electrons. The summed E-state index contributed by atoms with van der Waals surface area (Å²) in [5.41, 5.74) is 5.36. The summed E-state index contributed by atoms with van der Waals surface area (Å²) < 4.78 is 25.6. The molecule has 0 aromatic heterocycles. The third-order valence-corrected chi connectivity index (χ3v) is 5.53. The Morgan fingerprint density at radius 1 is 1.31 bits per heavy atom. The van der Waals surface area contributed by atoms with Gasteiger partial charge in [0.25, 0.3) is 0 Å². The van der Waals surface area contributed by atoms with E-state index in [2.05, 4.69) is 6.92 Å². The van der Waals surface area contributed by atoms with Crippen molar-refractivity contribution >= 4 is 10.0 Å². The van der Waals surface area contributed by atoms with E-state index in [1.807, 2.05) is 0 Å². The summed E-state index contributed by atoms with van der Waals surface area (Å²) in [6.07, 6.45) is 5.06. The summed E-state index contributed by atoms with van der Waals surface area (Å²) in [5, 5.41) is 0. The van der Waals surface area contributed by atoms with Gasteiger partial charge in [0.05, 0.1) is 5.75 Å². The van der Waals surface area contributed by atoms with Gasteiger partial charge < -0.3 is 5.73 Å². The lowest BCUT2D eigenvalue weighted by Crippen LogP contribution is -2.43. The summed E-state index contributed by atoms with van der Waals surface area (Å²) in [7, 11) is -1.38. The van der Waals surface area contributed by atoms with Crippen LogP contribution in [-0.2, 0) is 10.0 Å². The van der Waals surface area contributed by atoms with Crippen LogP contribution in [0.5, 0.6) is 0 Å². The van der Waals surface area contributed by atoms with E-state index in [9.17, 15) is 8.42 Å². The van der Waals surface area contributed by atoms with Crippen molar-refractivity contribution < 1.29 is 8.42 Å². The highest BCUT2D eigenvalue weighted by Crippen LogP contribution is 2.28. The second-order valence-corrected chi connectivity index (χ2v) is 6.95. The fourth-order valence-electron chi connectivity index (χ4n) is 2.45. The maximum absolute atomic E-state index is 12.0. The van der Waals surface area contributed by atoms with Crippen LogP contribution in [0.4, 0.5) is 0 Å². The van der Waals surface area contributed by atoms with Gasteiger partial charge in [-0.3, -0.25) is 0 Å². The maximum Gasteiger partial charge on any atom is 0.214 e. The minimum atomic E-state index is -3.10. The van der Waals surface area contributed by atoms with Crippen LogP contribution >= 0.6 is 0 Å². The molecule has 0 spiro atoms. The van der Waals surface area contributed by atoms with Gasteiger partial charge >= 0.3 is 0 Å². The Morgan fingerprint density at radius 3 is 2.50 bits per heavy atom. The minimum absolute atomic E-state index is 0.184. The zero-order valence-corrected chi connectivity index (χ0v) is 11.2. The molecule has 0 aromatic rings. The van der Waals surface area contributed by atoms with E-state index >= 15 is 0 Å². The maximum atomic E-state index is 12.0. The van der Waals surface area contributed by atoms with E-state index in [0.29, 0.717) is 18.9 Å². The van der Waals surface area contributed by atoms with Gasteiger partial charge in [-0.25, -0.2) is 12.7 Å². The Morgan fingerprint density at radius 2 is 1.94 bits per heavy atom. The van der Waals surface area contributed by atoms with Gasteiger partial charge in [-0.2, -0.15) is 0 Å². The Bertz CT molecular complexity index is 303. The average Bonchev–Trinajstić information content (AvgIpc) is 2.26. The Hall–Kier alpha value is -0.130. The predicted molar refractivity (Wildman–Crippen MR) is 66.6 cm³/mol. The highest BCUT2D eigenvalue weighted by Gasteiger charge is 2.31. The summed E-state index contributed by atoms with van der Waals surface area (Å²) in [6.45, 7) is 2.59. The van der Waals surface area contributed by atoms with Crippen LogP contribution in [0.15, 0.2) is 0 Å². The molecule has 1 aliphatic carbocycles. The number of rotatable bonds is 5. The van der Waals surface area contributed by atoms with E-state index in [0.717, 1.165) is 19.3 Å². The van der Waals surface area contributed by atoms with E-state index in [4.69, 9.17) is 5.73 Å². The van der Waals surface area contributed by atoms with Gasteiger partial charge in [0, 0.05) is 13.1 Å². The fourth-order valence-corrected chi connectivity index (χ4v) is 4.00. The molecule has 1 saturated carbocycles. The van der Waals surface area contributed by atoms with Crippen molar-refractivity contribution in [3.63, 3.8) is 0 Å². The summed E-state index contributed by atoms with van der Waals surface area (Å²) >= 11 is 0. The van der Waals surface area contributed by atoms with Gasteiger partial charge in [0.2, 0.25) is 10.0 Å². The summed E-state index contributed by atoms with van der Waals surface area (Å²) in [6, 6.07) is 0.191. The highest BCUT2D eigenvalue weighted by molar-refractivity contribution is 7.89. The molecule has 0 saturated heterocycles. The molecule has 5 heteroatoms. The van der Waals surface area contributed by atoms with Crippen LogP contribution in [0.2, 0.25) is 0 Å². The number of hydrogen-bond acceptors (Lipinski definition) is 3. The predicted octanol–water partition coefficient (Wildman–Crippen LogP) is 1.18. The van der Waals surface area contributed by atoms with Crippen LogP contribution in [0.3, 0.4) is 0 Å². The fraction of sp³-hybridized carbons (Fsp3) is 1.00. The van der Waals surface area contributed by atoms with Gasteiger partial charge in [0.1, 0.15) is 0 Å². The molecule has 96 valence electrons. The van der Waals surface area contributed by atoms with E-state index < -0.39 is 10.0 Å². The van der Waals surface area contributed by atoms with E-state index in [1.54, 1.807) is 11.4 Å². The smallest absolute Gasteiger partial charge is 0.214 e. The lowest BCUT2D eigenvalue weighted by atomic mass is 9.86. The molecule has 16 heavy (non-hydrogen) atoms. The van der Waals surface area contributed by atoms with E-state index in [1.165, 1.54) is 6.42 Å². The molecule has 2 atom stereocenters. The SMILES string of the molecule is CC1CCCCC1N(C)S(=O)(=O)CCCN. The first-order valence-corrected chi connectivity index (χ1v) is 7.75. The first kappa shape index (κ1) is 13.9. The highest BCUT2D eigenvalue weighted by atomic mass is 32.2. The van der Waals surface area contributed by atoms with Crippen LogP contribution in [0, 0.1) is 5.92 Å². The largest absolute Gasteiger partial charge is 0.330 e. The third-order valence-electron chi connectivity index (χ3n) is 3.58. The van der Waals surface area contributed by atoms with Crippen molar-refractivity contribution in [3.8, 4) is 0 Å². The van der Waals surface area contributed by atoms with Crippen LogP contribution < -0.4 is 5.73 Å². The molecule has 1 aliphatic rings. The summed E-state index contributed by atoms with van der Waals surface area (Å²) in [5.74, 6) is 0.662.